The topological polar surface area (TPSA) is 93.4 Å². The molecule has 4 aromatic carbocycles. The van der Waals surface area contributed by atoms with E-state index in [9.17, 15) is 10.1 Å². The van der Waals surface area contributed by atoms with Crippen LogP contribution in [-0.4, -0.2) is 15.9 Å². The van der Waals surface area contributed by atoms with Crippen LogP contribution in [0.25, 0.3) is 33.5 Å². The van der Waals surface area contributed by atoms with Crippen LogP contribution < -0.4 is 10.3 Å². The van der Waals surface area contributed by atoms with Gasteiger partial charge in [0.15, 0.2) is 5.76 Å². The van der Waals surface area contributed by atoms with Gasteiger partial charge >= 0.3 is 0 Å². The fraction of sp³-hybridized carbons (Fsp3) is 0.0323. The first-order valence-electron chi connectivity index (χ1n) is 12.0. The molecule has 0 bridgehead atoms. The number of fused-ring (bicyclic) bond motifs is 2. The number of para-hydroxylation sites is 3. The van der Waals surface area contributed by atoms with Crippen LogP contribution in [0.4, 0.5) is 0 Å². The van der Waals surface area contributed by atoms with E-state index >= 15 is 0 Å². The van der Waals surface area contributed by atoms with Gasteiger partial charge in [0.2, 0.25) is 5.82 Å². The molecule has 6 rings (SSSR count). The monoisotopic (exact) mass is 496 g/mol. The summed E-state index contributed by atoms with van der Waals surface area (Å²) in [7, 11) is 0. The SMILES string of the molecule is N#Cc1ccccc1COc1ccccc1C=Nn1c(-c2cc3ccccc3o2)nc2ccccc2c1=O. The summed E-state index contributed by atoms with van der Waals surface area (Å²) in [6.45, 7) is 0.219. The van der Waals surface area contributed by atoms with Crippen molar-refractivity contribution in [3.63, 3.8) is 0 Å². The lowest BCUT2D eigenvalue weighted by Gasteiger charge is -2.10. The number of hydrogen-bond acceptors (Lipinski definition) is 6. The Hall–Kier alpha value is -5.48. The van der Waals surface area contributed by atoms with Crippen LogP contribution in [0, 0.1) is 11.3 Å². The molecular weight excluding hydrogens is 476 g/mol. The first kappa shape index (κ1) is 23.0. The van der Waals surface area contributed by atoms with Crippen LogP contribution >= 0.6 is 0 Å². The van der Waals surface area contributed by atoms with Crippen LogP contribution in [0.3, 0.4) is 0 Å². The number of ether oxygens (including phenoxy) is 1. The lowest BCUT2D eigenvalue weighted by molar-refractivity contribution is 0.305. The average molecular weight is 497 g/mol. The minimum absolute atomic E-state index is 0.219. The normalized spacial score (nSPS) is 11.2. The Morgan fingerprint density at radius 1 is 0.947 bits per heavy atom. The van der Waals surface area contributed by atoms with Gasteiger partial charge in [0, 0.05) is 16.5 Å². The number of hydrogen-bond donors (Lipinski definition) is 0. The summed E-state index contributed by atoms with van der Waals surface area (Å²) >= 11 is 0. The number of rotatable bonds is 6. The Labute approximate surface area is 217 Å². The van der Waals surface area contributed by atoms with Gasteiger partial charge in [-0.15, -0.1) is 0 Å². The van der Waals surface area contributed by atoms with E-state index in [2.05, 4.69) is 11.2 Å². The molecular formula is C31H20N4O3. The molecule has 0 aliphatic heterocycles. The number of furan rings is 1. The zero-order valence-electron chi connectivity index (χ0n) is 20.1. The summed E-state index contributed by atoms with van der Waals surface area (Å²) < 4.78 is 13.3. The Kier molecular flexibility index (Phi) is 5.97. The third-order valence-corrected chi connectivity index (χ3v) is 6.15. The van der Waals surface area contributed by atoms with Crippen molar-refractivity contribution < 1.29 is 9.15 Å². The number of nitriles is 1. The standard InChI is InChI=1S/C31H20N4O3/c32-18-22-10-1-2-12-24(22)20-37-27-15-7-4-11-23(27)19-33-35-30(29-17-21-9-3-8-16-28(21)38-29)34-26-14-6-5-13-25(26)31(35)36/h1-17,19H,20H2. The molecule has 2 heterocycles. The highest BCUT2D eigenvalue weighted by Crippen LogP contribution is 2.27. The summed E-state index contributed by atoms with van der Waals surface area (Å²) in [5.74, 6) is 1.29. The van der Waals surface area contributed by atoms with Crippen LogP contribution in [0.1, 0.15) is 16.7 Å². The quantitative estimate of drug-likeness (QED) is 0.258. The molecule has 0 N–H and O–H groups in total. The van der Waals surface area contributed by atoms with E-state index in [1.165, 1.54) is 4.68 Å². The van der Waals surface area contributed by atoms with Crippen LogP contribution in [-0.2, 0) is 6.61 Å². The molecule has 2 aromatic heterocycles. The Morgan fingerprint density at radius 2 is 1.71 bits per heavy atom. The second-order valence-electron chi connectivity index (χ2n) is 8.56. The van der Waals surface area contributed by atoms with E-state index < -0.39 is 0 Å². The van der Waals surface area contributed by atoms with Gasteiger partial charge in [-0.05, 0) is 42.5 Å². The van der Waals surface area contributed by atoms with E-state index in [4.69, 9.17) is 14.1 Å². The molecule has 6 aromatic rings. The second kappa shape index (κ2) is 9.88. The van der Waals surface area contributed by atoms with E-state index in [1.54, 1.807) is 30.5 Å². The Balaban J connectivity index is 1.42. The highest BCUT2D eigenvalue weighted by atomic mass is 16.5. The maximum absolute atomic E-state index is 13.5. The highest BCUT2D eigenvalue weighted by molar-refractivity contribution is 5.85. The minimum Gasteiger partial charge on any atom is -0.488 e. The van der Waals surface area contributed by atoms with Gasteiger partial charge in [0.25, 0.3) is 5.56 Å². The van der Waals surface area contributed by atoms with Crippen molar-refractivity contribution in [2.45, 2.75) is 6.61 Å². The molecule has 0 aliphatic rings. The molecule has 0 amide bonds. The third-order valence-electron chi connectivity index (χ3n) is 6.15. The molecule has 182 valence electrons. The largest absolute Gasteiger partial charge is 0.488 e. The Morgan fingerprint density at radius 3 is 2.61 bits per heavy atom. The first-order valence-corrected chi connectivity index (χ1v) is 12.0. The van der Waals surface area contributed by atoms with Crippen LogP contribution in [0.2, 0.25) is 0 Å². The van der Waals surface area contributed by atoms with Crippen molar-refractivity contribution in [3.05, 3.63) is 130 Å². The lowest BCUT2D eigenvalue weighted by atomic mass is 10.1. The van der Waals surface area contributed by atoms with Crippen molar-refractivity contribution in [2.24, 2.45) is 5.10 Å². The van der Waals surface area contributed by atoms with Gasteiger partial charge in [-0.25, -0.2) is 4.98 Å². The summed E-state index contributed by atoms with van der Waals surface area (Å²) in [5.41, 5.74) is 2.93. The number of nitrogens with zero attached hydrogens (tertiary/aromatic N) is 4. The molecule has 0 saturated heterocycles. The molecule has 0 unspecified atom stereocenters. The fourth-order valence-electron chi connectivity index (χ4n) is 4.23. The smallest absolute Gasteiger partial charge is 0.282 e. The summed E-state index contributed by atoms with van der Waals surface area (Å²) in [6, 6.07) is 33.5. The predicted octanol–water partition coefficient (Wildman–Crippen LogP) is 6.14. The van der Waals surface area contributed by atoms with E-state index in [0.29, 0.717) is 44.9 Å². The van der Waals surface area contributed by atoms with Crippen molar-refractivity contribution >= 4 is 28.1 Å². The molecule has 0 fully saturated rings. The maximum atomic E-state index is 13.5. The average Bonchev–Trinajstić information content (AvgIpc) is 3.40. The number of benzene rings is 4. The van der Waals surface area contributed by atoms with E-state index in [-0.39, 0.29) is 12.2 Å². The summed E-state index contributed by atoms with van der Waals surface area (Å²) in [6.07, 6.45) is 1.57. The molecule has 0 saturated carbocycles. The lowest BCUT2D eigenvalue weighted by Crippen LogP contribution is -2.20. The van der Waals surface area contributed by atoms with E-state index in [1.807, 2.05) is 78.9 Å². The van der Waals surface area contributed by atoms with Gasteiger partial charge in [0.1, 0.15) is 17.9 Å². The Bertz CT molecular complexity index is 1900. The number of aromatic nitrogens is 2. The highest BCUT2D eigenvalue weighted by Gasteiger charge is 2.16. The summed E-state index contributed by atoms with van der Waals surface area (Å²) in [4.78, 5) is 18.3. The molecule has 38 heavy (non-hydrogen) atoms. The minimum atomic E-state index is -0.316. The van der Waals surface area contributed by atoms with Crippen molar-refractivity contribution in [2.75, 3.05) is 0 Å². The zero-order chi connectivity index (χ0) is 25.9. The molecule has 7 heteroatoms. The van der Waals surface area contributed by atoms with Crippen molar-refractivity contribution in [1.29, 1.82) is 5.26 Å². The fourth-order valence-corrected chi connectivity index (χ4v) is 4.23. The second-order valence-corrected chi connectivity index (χ2v) is 8.56. The maximum Gasteiger partial charge on any atom is 0.282 e. The molecule has 7 nitrogen and oxygen atoms in total. The van der Waals surface area contributed by atoms with Gasteiger partial charge in [-0.3, -0.25) is 4.79 Å². The zero-order valence-corrected chi connectivity index (χ0v) is 20.1. The molecule has 0 spiro atoms. The first-order chi connectivity index (χ1) is 18.7. The van der Waals surface area contributed by atoms with Crippen molar-refractivity contribution in [3.8, 4) is 23.4 Å². The summed E-state index contributed by atoms with van der Waals surface area (Å²) in [5, 5.41) is 15.3. The van der Waals surface area contributed by atoms with Gasteiger partial charge in [-0.2, -0.15) is 15.0 Å². The third kappa shape index (κ3) is 4.31. The van der Waals surface area contributed by atoms with E-state index in [0.717, 1.165) is 10.9 Å². The molecule has 0 radical (unpaired) electrons. The van der Waals surface area contributed by atoms with Gasteiger partial charge in [0.05, 0.1) is 28.8 Å². The van der Waals surface area contributed by atoms with Crippen molar-refractivity contribution in [1.82, 2.24) is 9.66 Å². The van der Waals surface area contributed by atoms with Gasteiger partial charge < -0.3 is 9.15 Å². The molecule has 0 aliphatic carbocycles. The van der Waals surface area contributed by atoms with Crippen LogP contribution in [0.5, 0.6) is 5.75 Å². The van der Waals surface area contributed by atoms with Gasteiger partial charge in [-0.1, -0.05) is 60.7 Å². The molecule has 0 atom stereocenters. The predicted molar refractivity (Wildman–Crippen MR) is 146 cm³/mol. The van der Waals surface area contributed by atoms with Crippen LogP contribution in [0.15, 0.2) is 117 Å².